The number of aromatic hydroxyl groups is 1. The molecule has 3 heterocycles. The van der Waals surface area contributed by atoms with Gasteiger partial charge < -0.3 is 9.84 Å². The highest BCUT2D eigenvalue weighted by atomic mass is 16.5. The largest absolute Gasteiger partial charge is 0.504 e. The third kappa shape index (κ3) is 2.21. The van der Waals surface area contributed by atoms with Gasteiger partial charge in [-0.05, 0) is 61.9 Å². The molecule has 3 aliphatic heterocycles. The summed E-state index contributed by atoms with van der Waals surface area (Å²) in [6.45, 7) is 2.13. The summed E-state index contributed by atoms with van der Waals surface area (Å²) in [4.78, 5) is 30.9. The van der Waals surface area contributed by atoms with E-state index in [2.05, 4.69) is 17.0 Å². The zero-order valence-corrected chi connectivity index (χ0v) is 18.8. The number of fused-ring (bicyclic) bond motifs is 1. The maximum Gasteiger partial charge on any atom is 0.262 e. The Balaban J connectivity index is 1.28. The van der Waals surface area contributed by atoms with Crippen LogP contribution in [-0.4, -0.2) is 58.0 Å². The number of imide groups is 1. The van der Waals surface area contributed by atoms with Gasteiger partial charge in [-0.15, -0.1) is 0 Å². The van der Waals surface area contributed by atoms with Crippen molar-refractivity contribution in [3.63, 3.8) is 0 Å². The normalized spacial score (nSPS) is 34.8. The van der Waals surface area contributed by atoms with Crippen molar-refractivity contribution in [2.24, 2.45) is 11.8 Å². The molecule has 6 aliphatic rings. The van der Waals surface area contributed by atoms with Crippen LogP contribution >= 0.6 is 0 Å². The van der Waals surface area contributed by atoms with E-state index in [1.54, 1.807) is 30.3 Å². The Kier molecular flexibility index (Phi) is 3.56. The highest BCUT2D eigenvalue weighted by molar-refractivity contribution is 6.21. The number of piperidine rings is 1. The second kappa shape index (κ2) is 6.30. The number of hydrogen-bond acceptors (Lipinski definition) is 5. The van der Waals surface area contributed by atoms with E-state index in [0.717, 1.165) is 37.4 Å². The van der Waals surface area contributed by atoms with Crippen LogP contribution in [0.3, 0.4) is 0 Å². The lowest BCUT2D eigenvalue weighted by Crippen LogP contribution is -2.67. The molecular formula is C28H26N2O4. The summed E-state index contributed by atoms with van der Waals surface area (Å²) in [7, 11) is 0. The molecule has 0 radical (unpaired) electrons. The third-order valence-corrected chi connectivity index (χ3v) is 9.30. The van der Waals surface area contributed by atoms with Crippen molar-refractivity contribution in [1.82, 2.24) is 9.80 Å². The molecule has 1 spiro atoms. The molecule has 3 aliphatic carbocycles. The maximum absolute atomic E-state index is 13.4. The highest BCUT2D eigenvalue weighted by Crippen LogP contribution is 2.63. The van der Waals surface area contributed by atoms with Crippen molar-refractivity contribution in [1.29, 1.82) is 0 Å². The minimum atomic E-state index is -0.503. The van der Waals surface area contributed by atoms with Gasteiger partial charge in [0.05, 0.1) is 17.2 Å². The number of phenols is 1. The Labute approximate surface area is 197 Å². The SMILES string of the molecule is O=C1c2ccccc2C(=O)N1[C@@H]1C=C[C@H]2[C@H]3Cc4ccc(O)c5c4[C@@]2(CCN3CC2CC2)[C@H]1O5. The van der Waals surface area contributed by atoms with Gasteiger partial charge in [-0.2, -0.15) is 0 Å². The lowest BCUT2D eigenvalue weighted by atomic mass is 9.53. The molecule has 2 aromatic rings. The first-order valence-corrected chi connectivity index (χ1v) is 12.5. The summed E-state index contributed by atoms with van der Waals surface area (Å²) in [6, 6.07) is 10.7. The van der Waals surface area contributed by atoms with Crippen molar-refractivity contribution in [2.45, 2.75) is 49.3 Å². The number of rotatable bonds is 3. The van der Waals surface area contributed by atoms with E-state index in [-0.39, 0.29) is 28.9 Å². The summed E-state index contributed by atoms with van der Waals surface area (Å²) in [5.74, 6) is 1.26. The minimum Gasteiger partial charge on any atom is -0.504 e. The van der Waals surface area contributed by atoms with Gasteiger partial charge in [0.15, 0.2) is 11.5 Å². The van der Waals surface area contributed by atoms with E-state index in [1.807, 2.05) is 6.08 Å². The van der Waals surface area contributed by atoms with E-state index in [9.17, 15) is 14.7 Å². The molecule has 8 rings (SSSR count). The van der Waals surface area contributed by atoms with Crippen LogP contribution in [0.15, 0.2) is 48.6 Å². The second-order valence-electron chi connectivity index (χ2n) is 10.9. The number of benzene rings is 2. The van der Waals surface area contributed by atoms with Crippen molar-refractivity contribution in [3.8, 4) is 11.5 Å². The van der Waals surface area contributed by atoms with Crippen molar-refractivity contribution < 1.29 is 19.4 Å². The molecule has 2 fully saturated rings. The number of phenolic OH excluding ortho intramolecular Hbond substituents is 1. The Bertz CT molecular complexity index is 1280. The molecule has 2 aromatic carbocycles. The average Bonchev–Trinajstić information content (AvgIpc) is 3.54. The fraction of sp³-hybridized carbons (Fsp3) is 0.429. The van der Waals surface area contributed by atoms with Gasteiger partial charge in [-0.1, -0.05) is 30.4 Å². The molecule has 1 N–H and O–H groups in total. The van der Waals surface area contributed by atoms with Crippen molar-refractivity contribution in [2.75, 3.05) is 13.1 Å². The Hall–Kier alpha value is -3.12. The number of carbonyl (C=O) groups excluding carboxylic acids is 2. The van der Waals surface area contributed by atoms with E-state index in [1.165, 1.54) is 23.3 Å². The van der Waals surface area contributed by atoms with Crippen LogP contribution in [0.1, 0.15) is 51.1 Å². The summed E-state index contributed by atoms with van der Waals surface area (Å²) < 4.78 is 6.59. The fourth-order valence-corrected chi connectivity index (χ4v) is 7.69. The van der Waals surface area contributed by atoms with Crippen LogP contribution in [0.5, 0.6) is 11.5 Å². The van der Waals surface area contributed by atoms with E-state index < -0.39 is 12.1 Å². The predicted molar refractivity (Wildman–Crippen MR) is 124 cm³/mol. The Morgan fingerprint density at radius 1 is 1.03 bits per heavy atom. The molecule has 2 bridgehead atoms. The molecule has 0 unspecified atom stereocenters. The topological polar surface area (TPSA) is 70.1 Å². The summed E-state index contributed by atoms with van der Waals surface area (Å²) >= 11 is 0. The van der Waals surface area contributed by atoms with Gasteiger partial charge in [-0.3, -0.25) is 19.4 Å². The third-order valence-electron chi connectivity index (χ3n) is 9.30. The van der Waals surface area contributed by atoms with Gasteiger partial charge in [0, 0.05) is 29.5 Å². The van der Waals surface area contributed by atoms with Crippen molar-refractivity contribution in [3.05, 3.63) is 70.8 Å². The molecule has 1 saturated heterocycles. The minimum absolute atomic E-state index is 0.154. The van der Waals surface area contributed by atoms with Crippen LogP contribution in [0.4, 0.5) is 0 Å². The monoisotopic (exact) mass is 454 g/mol. The van der Waals surface area contributed by atoms with Gasteiger partial charge in [-0.25, -0.2) is 0 Å². The highest BCUT2D eigenvalue weighted by Gasteiger charge is 2.66. The first-order valence-electron chi connectivity index (χ1n) is 12.5. The summed E-state index contributed by atoms with van der Waals surface area (Å²) in [6.07, 6.45) is 8.42. The molecule has 5 atom stereocenters. The van der Waals surface area contributed by atoms with Gasteiger partial charge >= 0.3 is 0 Å². The smallest absolute Gasteiger partial charge is 0.262 e. The number of amides is 2. The molecule has 2 amide bonds. The first kappa shape index (κ1) is 19.2. The lowest BCUT2D eigenvalue weighted by molar-refractivity contribution is -0.0330. The van der Waals surface area contributed by atoms with Crippen LogP contribution in [-0.2, 0) is 11.8 Å². The van der Waals surface area contributed by atoms with Gasteiger partial charge in [0.25, 0.3) is 11.8 Å². The number of hydrogen-bond donors (Lipinski definition) is 1. The first-order chi connectivity index (χ1) is 16.6. The van der Waals surface area contributed by atoms with E-state index in [0.29, 0.717) is 22.9 Å². The number of nitrogens with zero attached hydrogens (tertiary/aromatic N) is 2. The zero-order valence-electron chi connectivity index (χ0n) is 18.8. The van der Waals surface area contributed by atoms with Crippen LogP contribution < -0.4 is 4.74 Å². The van der Waals surface area contributed by atoms with E-state index in [4.69, 9.17) is 4.74 Å². The molecule has 6 nitrogen and oxygen atoms in total. The lowest BCUT2D eigenvalue weighted by Gasteiger charge is -2.58. The molecule has 1 saturated carbocycles. The van der Waals surface area contributed by atoms with E-state index >= 15 is 0 Å². The van der Waals surface area contributed by atoms with Crippen LogP contribution in [0.25, 0.3) is 0 Å². The Morgan fingerprint density at radius 3 is 2.53 bits per heavy atom. The molecule has 34 heavy (non-hydrogen) atoms. The number of likely N-dealkylation sites (tertiary alicyclic amines) is 1. The fourth-order valence-electron chi connectivity index (χ4n) is 7.69. The molecule has 6 heteroatoms. The average molecular weight is 455 g/mol. The summed E-state index contributed by atoms with van der Waals surface area (Å²) in [5, 5.41) is 10.8. The van der Waals surface area contributed by atoms with Crippen LogP contribution in [0, 0.1) is 11.8 Å². The standard InChI is InChI=1S/C28H26N2O4/c31-22-10-7-16-13-21-19-8-9-20(30-26(32)17-3-1-2-4-18(17)27(30)33)25-28(19,23(16)24(22)34-25)11-12-29(21)14-15-5-6-15/h1-4,7-10,15,19-21,25,31H,5-6,11-14H2/t19-,20+,21+,25-,28-/m0/s1. The predicted octanol–water partition coefficient (Wildman–Crippen LogP) is 3.28. The van der Waals surface area contributed by atoms with Gasteiger partial charge in [0.1, 0.15) is 6.10 Å². The quantitative estimate of drug-likeness (QED) is 0.569. The number of ether oxygens (including phenoxy) is 1. The molecular weight excluding hydrogens is 428 g/mol. The van der Waals surface area contributed by atoms with Crippen LogP contribution in [0.2, 0.25) is 0 Å². The number of carbonyl (C=O) groups is 2. The van der Waals surface area contributed by atoms with Crippen molar-refractivity contribution >= 4 is 11.8 Å². The molecule has 172 valence electrons. The Morgan fingerprint density at radius 2 is 1.79 bits per heavy atom. The second-order valence-corrected chi connectivity index (χ2v) is 10.9. The molecule has 0 aromatic heterocycles. The van der Waals surface area contributed by atoms with Gasteiger partial charge in [0.2, 0.25) is 0 Å². The maximum atomic E-state index is 13.4. The zero-order chi connectivity index (χ0) is 22.8. The summed E-state index contributed by atoms with van der Waals surface area (Å²) in [5.41, 5.74) is 2.95.